The molecule has 31 heteroatoms. The number of amides is 10. The Labute approximate surface area is 522 Å². The van der Waals surface area contributed by atoms with Crippen LogP contribution >= 0.6 is 50.2 Å². The molecule has 23 nitrogen and oxygen atoms in total. The molecule has 2 atom stereocenters. The van der Waals surface area contributed by atoms with Gasteiger partial charge in [0.15, 0.2) is 0 Å². The molecule has 472 valence electrons. The minimum Gasteiger partial charge on any atom is -0.465 e. The fraction of sp³-hybridized carbons (Fsp3) is 0.339. The molecule has 0 aliphatic rings. The quantitative estimate of drug-likeness (QED) is 0.0112. The highest BCUT2D eigenvalue weighted by atomic mass is 35.5. The lowest BCUT2D eigenvalue weighted by atomic mass is 10.1. The van der Waals surface area contributed by atoms with Crippen molar-refractivity contribution in [3.05, 3.63) is 142 Å². The molecule has 87 heavy (non-hydrogen) atoms. The van der Waals surface area contributed by atoms with Crippen LogP contribution in [0.5, 0.6) is 0 Å². The maximum Gasteiger partial charge on any atom is 0.412 e. The third-order valence-corrected chi connectivity index (χ3v) is 13.2. The van der Waals surface area contributed by atoms with Gasteiger partial charge in [0.05, 0.1) is 35.3 Å². The molecule has 2 heterocycles. The van der Waals surface area contributed by atoms with Gasteiger partial charge in [-0.2, -0.15) is 27.0 Å². The second-order valence-electron chi connectivity index (χ2n) is 18.4. The van der Waals surface area contributed by atoms with E-state index in [1.807, 2.05) is 0 Å². The van der Waals surface area contributed by atoms with Gasteiger partial charge in [0.25, 0.3) is 0 Å². The number of halogens is 6. The SMILES string of the molecule is CCOC(=O)CNC(=O)NCCC[C@@H](COC(=O)Nc1cc2cc(F)ccc2cn1)N(C)C(=O)NCc1cccc(F)c1Cl.CN(C(=O)NCc1cccc(F)c1Cl)[C@@H](CCCNC(=O)NCCO)COC(=O)Nc1cc2cc(F)ccc2cn1.S.S. The number of nitrogens with zero attached hydrogens (tertiary/aromatic N) is 4. The number of carbonyl (C=O) groups excluding carboxylic acids is 7. The number of benzene rings is 4. The van der Waals surface area contributed by atoms with E-state index in [0.717, 1.165) is 0 Å². The first-order chi connectivity index (χ1) is 40.7. The van der Waals surface area contributed by atoms with Crippen molar-refractivity contribution in [3.63, 3.8) is 0 Å². The molecule has 0 fully saturated rings. The van der Waals surface area contributed by atoms with Crippen LogP contribution in [0.2, 0.25) is 10.0 Å². The zero-order chi connectivity index (χ0) is 61.8. The summed E-state index contributed by atoms with van der Waals surface area (Å²) in [5, 5.41) is 31.4. The number of anilines is 2. The van der Waals surface area contributed by atoms with Gasteiger partial charge in [-0.1, -0.05) is 47.5 Å². The van der Waals surface area contributed by atoms with Crippen molar-refractivity contribution >= 4 is 126 Å². The Morgan fingerprint density at radius 3 is 1.41 bits per heavy atom. The number of aromatic nitrogens is 2. The monoisotopic (exact) mass is 1290 g/mol. The summed E-state index contributed by atoms with van der Waals surface area (Å²) in [6.45, 7) is 1.40. The number of pyridine rings is 2. The molecule has 10 amide bonds. The molecule has 0 unspecified atom stereocenters. The zero-order valence-electron chi connectivity index (χ0n) is 47.4. The van der Waals surface area contributed by atoms with Gasteiger partial charge in [0.1, 0.15) is 54.7 Å². The van der Waals surface area contributed by atoms with Gasteiger partial charge in [0, 0.05) is 70.0 Å². The van der Waals surface area contributed by atoms with Crippen LogP contribution in [0.3, 0.4) is 0 Å². The minimum absolute atomic E-state index is 0. The number of nitrogens with one attached hydrogen (secondary N) is 8. The topological polar surface area (TPSA) is 296 Å². The molecule has 0 saturated carbocycles. The Balaban J connectivity index is 0.000000446. The molecule has 0 radical (unpaired) electrons. The lowest BCUT2D eigenvalue weighted by Gasteiger charge is -2.28. The number of hydrogen-bond donors (Lipinski definition) is 9. The summed E-state index contributed by atoms with van der Waals surface area (Å²) in [6, 6.07) is 16.5. The number of urea groups is 4. The Morgan fingerprint density at radius 1 is 0.563 bits per heavy atom. The molecule has 0 bridgehead atoms. The third kappa shape index (κ3) is 24.9. The largest absolute Gasteiger partial charge is 0.465 e. The van der Waals surface area contributed by atoms with Crippen molar-refractivity contribution in [1.29, 1.82) is 0 Å². The Kier molecular flexibility index (Phi) is 31.9. The number of aliphatic hydroxyl groups excluding tert-OH is 1. The first kappa shape index (κ1) is 73.0. The average molecular weight is 1300 g/mol. The van der Waals surface area contributed by atoms with E-state index in [0.29, 0.717) is 58.4 Å². The van der Waals surface area contributed by atoms with E-state index in [9.17, 15) is 51.1 Å². The van der Waals surface area contributed by atoms with Gasteiger partial charge in [-0.15, -0.1) is 0 Å². The molecule has 2 aromatic heterocycles. The average Bonchev–Trinajstić information content (AvgIpc) is 3.00. The molecule has 6 aromatic rings. The van der Waals surface area contributed by atoms with Crippen molar-refractivity contribution in [2.24, 2.45) is 0 Å². The predicted octanol–water partition coefficient (Wildman–Crippen LogP) is 8.79. The Morgan fingerprint density at radius 2 is 0.989 bits per heavy atom. The van der Waals surface area contributed by atoms with Crippen molar-refractivity contribution in [1.82, 2.24) is 51.7 Å². The fourth-order valence-corrected chi connectivity index (χ4v) is 8.18. The van der Waals surface area contributed by atoms with Crippen molar-refractivity contribution < 1.29 is 70.4 Å². The van der Waals surface area contributed by atoms with Gasteiger partial charge < -0.3 is 61.0 Å². The van der Waals surface area contributed by atoms with E-state index in [1.165, 1.54) is 97.0 Å². The van der Waals surface area contributed by atoms with Gasteiger partial charge >= 0.3 is 42.3 Å². The number of rotatable bonds is 25. The molecule has 0 aliphatic carbocycles. The summed E-state index contributed by atoms with van der Waals surface area (Å²) in [5.41, 5.74) is 0.767. The van der Waals surface area contributed by atoms with Crippen LogP contribution in [0.4, 0.5) is 58.0 Å². The summed E-state index contributed by atoms with van der Waals surface area (Å²) in [5.74, 6) is -2.37. The number of ether oxygens (including phenoxy) is 3. The normalized spacial score (nSPS) is 11.1. The van der Waals surface area contributed by atoms with E-state index in [1.54, 1.807) is 31.2 Å². The molecule has 0 aliphatic heterocycles. The highest BCUT2D eigenvalue weighted by Crippen LogP contribution is 2.23. The van der Waals surface area contributed by atoms with Crippen molar-refractivity contribution in [2.45, 2.75) is 57.8 Å². The number of carbonyl (C=O) groups is 7. The Hall–Kier alpha value is -8.25. The van der Waals surface area contributed by atoms with E-state index >= 15 is 0 Å². The summed E-state index contributed by atoms with van der Waals surface area (Å²) in [4.78, 5) is 96.9. The lowest BCUT2D eigenvalue weighted by molar-refractivity contribution is -0.141. The van der Waals surface area contributed by atoms with Gasteiger partial charge in [-0.05, 0) is 115 Å². The van der Waals surface area contributed by atoms with Crippen molar-refractivity contribution in [3.8, 4) is 0 Å². The molecule has 4 aromatic carbocycles. The third-order valence-electron chi connectivity index (χ3n) is 12.4. The summed E-state index contributed by atoms with van der Waals surface area (Å²) in [6.07, 6.45) is 2.71. The Bertz CT molecular complexity index is 3280. The van der Waals surface area contributed by atoms with Gasteiger partial charge in [-0.25, -0.2) is 56.3 Å². The van der Waals surface area contributed by atoms with E-state index in [2.05, 4.69) is 52.5 Å². The van der Waals surface area contributed by atoms with Crippen LogP contribution in [0, 0.1) is 23.3 Å². The molecule has 0 saturated heterocycles. The second kappa shape index (κ2) is 38.0. The first-order valence-electron chi connectivity index (χ1n) is 26.4. The molecule has 0 spiro atoms. The van der Waals surface area contributed by atoms with Crippen LogP contribution < -0.4 is 42.5 Å². The number of hydrogen-bond acceptors (Lipinski definition) is 13. The van der Waals surface area contributed by atoms with Gasteiger partial charge in [-0.3, -0.25) is 15.4 Å². The number of aliphatic hydroxyl groups is 1. The molecule has 6 rings (SSSR count). The van der Waals surface area contributed by atoms with Crippen LogP contribution in [0.25, 0.3) is 21.5 Å². The summed E-state index contributed by atoms with van der Waals surface area (Å²) in [7, 11) is 3.00. The number of likely N-dealkylation sites (N-methyl/N-ethyl adjacent to an activating group) is 2. The maximum atomic E-state index is 13.8. The van der Waals surface area contributed by atoms with E-state index < -0.39 is 77.6 Å². The highest BCUT2D eigenvalue weighted by molar-refractivity contribution is 7.59. The maximum absolute atomic E-state index is 13.8. The van der Waals surface area contributed by atoms with Crippen LogP contribution in [-0.2, 0) is 32.1 Å². The van der Waals surface area contributed by atoms with Gasteiger partial charge in [0.2, 0.25) is 0 Å². The minimum atomic E-state index is -0.852. The highest BCUT2D eigenvalue weighted by Gasteiger charge is 2.24. The first-order valence-corrected chi connectivity index (χ1v) is 27.2. The summed E-state index contributed by atoms with van der Waals surface area (Å²) < 4.78 is 70.2. The van der Waals surface area contributed by atoms with Crippen LogP contribution in [-0.4, -0.2) is 146 Å². The zero-order valence-corrected chi connectivity index (χ0v) is 50.9. The van der Waals surface area contributed by atoms with Crippen LogP contribution in [0.1, 0.15) is 43.7 Å². The van der Waals surface area contributed by atoms with Crippen LogP contribution in [0.15, 0.2) is 97.3 Å². The fourth-order valence-electron chi connectivity index (χ4n) is 7.79. The number of esters is 1. The van der Waals surface area contributed by atoms with E-state index in [-0.39, 0.29) is 114 Å². The smallest absolute Gasteiger partial charge is 0.412 e. The molecular formula is C56H68Cl2F4N12O11S2. The summed E-state index contributed by atoms with van der Waals surface area (Å²) >= 11 is 12.0. The standard InChI is InChI=1S/C29H33ClF2N6O6.C27H31ClF2N6O5.2H2S/c1-3-43-25(39)16-35-27(40)33-11-5-7-22(38(2)28(41)36-15-19-6-4-8-23(32)26(19)30)17-44-29(42)37-24-13-20-12-21(31)10-9-18(20)14-34-24;1-36(26(39)34-15-18-4-2-6-22(30)24(18)28)21(5-3-9-31-25(38)32-10-11-37)16-41-27(40)35-23-13-19-12-20(29)8-7-17(19)14-33-23;;/h4,6,8-10,12-14,22H,3,5,7,11,15-17H2,1-2H3,(H,36,41)(H2,33,35,40)(H,34,37,42);2,4,6-8,12-14,21,37H,3,5,9-11,15-16H2,1H3,(H,34,39)(H2,31,32,38)(H,33,35,40);2*1H2/t22-;21-;;/m00../s1. The van der Waals surface area contributed by atoms with E-state index in [4.69, 9.17) is 42.5 Å². The molecular weight excluding hydrogens is 1230 g/mol. The number of fused-ring (bicyclic) bond motifs is 2. The lowest BCUT2D eigenvalue weighted by Crippen LogP contribution is -2.46. The predicted molar refractivity (Wildman–Crippen MR) is 329 cm³/mol. The molecule has 9 N–H and O–H groups in total. The second-order valence-corrected chi connectivity index (χ2v) is 19.2. The van der Waals surface area contributed by atoms with Crippen molar-refractivity contribution in [2.75, 3.05) is 77.3 Å².